The van der Waals surface area contributed by atoms with E-state index in [9.17, 15) is 4.79 Å². The fraction of sp³-hybridized carbons (Fsp3) is 0.833. The zero-order valence-electron chi connectivity index (χ0n) is 5.75. The first-order valence-electron chi connectivity index (χ1n) is 3.35. The standard InChI is InChI=1S/C6H12N2O2/c7-4-1-2-5(4)10-3-6(8)9/h4-5H,1-3,7H2,(H2,8,9). The molecule has 4 heteroatoms. The van der Waals surface area contributed by atoms with Crippen molar-refractivity contribution in [1.82, 2.24) is 0 Å². The van der Waals surface area contributed by atoms with E-state index < -0.39 is 5.91 Å². The Labute approximate surface area is 59.5 Å². The lowest BCUT2D eigenvalue weighted by Gasteiger charge is -2.32. The summed E-state index contributed by atoms with van der Waals surface area (Å²) in [4.78, 5) is 10.2. The molecule has 1 rings (SSSR count). The van der Waals surface area contributed by atoms with Gasteiger partial charge in [0.1, 0.15) is 6.61 Å². The molecule has 1 amide bonds. The summed E-state index contributed by atoms with van der Waals surface area (Å²) in [7, 11) is 0. The Kier molecular flexibility index (Phi) is 2.24. The lowest BCUT2D eigenvalue weighted by atomic mass is 9.90. The highest BCUT2D eigenvalue weighted by Crippen LogP contribution is 2.20. The highest BCUT2D eigenvalue weighted by molar-refractivity contribution is 5.75. The first-order valence-corrected chi connectivity index (χ1v) is 3.35. The van der Waals surface area contributed by atoms with Crippen molar-refractivity contribution in [3.63, 3.8) is 0 Å². The van der Waals surface area contributed by atoms with Gasteiger partial charge in [-0.15, -0.1) is 0 Å². The SMILES string of the molecule is NC(=O)COC1CCC1N. The number of nitrogens with two attached hydrogens (primary N) is 2. The van der Waals surface area contributed by atoms with Crippen LogP contribution in [0.3, 0.4) is 0 Å². The molecule has 0 saturated heterocycles. The lowest BCUT2D eigenvalue weighted by Crippen LogP contribution is -2.46. The van der Waals surface area contributed by atoms with Gasteiger partial charge in [-0.2, -0.15) is 0 Å². The molecule has 58 valence electrons. The normalized spacial score (nSPS) is 31.3. The largest absolute Gasteiger partial charge is 0.368 e. The van der Waals surface area contributed by atoms with E-state index in [1.807, 2.05) is 0 Å². The molecule has 1 saturated carbocycles. The zero-order valence-corrected chi connectivity index (χ0v) is 5.75. The molecule has 2 unspecified atom stereocenters. The van der Waals surface area contributed by atoms with Crippen molar-refractivity contribution in [2.75, 3.05) is 6.61 Å². The third kappa shape index (κ3) is 1.68. The molecule has 4 N–H and O–H groups in total. The molecule has 0 aromatic carbocycles. The molecular formula is C6H12N2O2. The predicted octanol–water partition coefficient (Wildman–Crippen LogP) is -1.02. The topological polar surface area (TPSA) is 78.3 Å². The van der Waals surface area contributed by atoms with Crippen LogP contribution in [0, 0.1) is 0 Å². The average molecular weight is 144 g/mol. The summed E-state index contributed by atoms with van der Waals surface area (Å²) in [5.74, 6) is -0.431. The monoisotopic (exact) mass is 144 g/mol. The third-order valence-electron chi connectivity index (χ3n) is 1.70. The summed E-state index contributed by atoms with van der Waals surface area (Å²) in [5, 5.41) is 0. The number of primary amides is 1. The smallest absolute Gasteiger partial charge is 0.243 e. The minimum absolute atomic E-state index is 0.00162. The maximum absolute atomic E-state index is 10.2. The van der Waals surface area contributed by atoms with Crippen molar-refractivity contribution in [3.8, 4) is 0 Å². The van der Waals surface area contributed by atoms with Crippen LogP contribution in [0.5, 0.6) is 0 Å². The van der Waals surface area contributed by atoms with E-state index in [2.05, 4.69) is 0 Å². The van der Waals surface area contributed by atoms with Crippen molar-refractivity contribution in [1.29, 1.82) is 0 Å². The van der Waals surface area contributed by atoms with E-state index in [1.165, 1.54) is 0 Å². The predicted molar refractivity (Wildman–Crippen MR) is 36.1 cm³/mol. The van der Waals surface area contributed by atoms with Crippen molar-refractivity contribution in [2.24, 2.45) is 11.5 Å². The van der Waals surface area contributed by atoms with Gasteiger partial charge >= 0.3 is 0 Å². The summed E-state index contributed by atoms with van der Waals surface area (Å²) in [6.45, 7) is -0.00162. The Morgan fingerprint density at radius 2 is 2.30 bits per heavy atom. The second-order valence-corrected chi connectivity index (χ2v) is 2.56. The Bertz CT molecular complexity index is 138. The molecular weight excluding hydrogens is 132 g/mol. The van der Waals surface area contributed by atoms with E-state index in [1.54, 1.807) is 0 Å². The third-order valence-corrected chi connectivity index (χ3v) is 1.70. The van der Waals surface area contributed by atoms with Crippen molar-refractivity contribution >= 4 is 5.91 Å². The summed E-state index contributed by atoms with van der Waals surface area (Å²) in [6.07, 6.45) is 2.00. The number of ether oxygens (including phenoxy) is 1. The number of rotatable bonds is 3. The second-order valence-electron chi connectivity index (χ2n) is 2.56. The van der Waals surface area contributed by atoms with Crippen molar-refractivity contribution in [2.45, 2.75) is 25.0 Å². The summed E-state index contributed by atoms with van der Waals surface area (Å²) in [5.41, 5.74) is 10.4. The Balaban J connectivity index is 2.08. The molecule has 0 aromatic rings. The van der Waals surface area contributed by atoms with Crippen LogP contribution in [-0.2, 0) is 9.53 Å². The van der Waals surface area contributed by atoms with Gasteiger partial charge in [-0.1, -0.05) is 0 Å². The van der Waals surface area contributed by atoms with Crippen LogP contribution < -0.4 is 11.5 Å². The van der Waals surface area contributed by atoms with Gasteiger partial charge in [-0.05, 0) is 12.8 Å². The minimum Gasteiger partial charge on any atom is -0.368 e. The molecule has 10 heavy (non-hydrogen) atoms. The fourth-order valence-corrected chi connectivity index (χ4v) is 0.891. The van der Waals surface area contributed by atoms with Crippen LogP contribution in [0.1, 0.15) is 12.8 Å². The quantitative estimate of drug-likeness (QED) is 0.532. The van der Waals surface area contributed by atoms with Gasteiger partial charge in [0.2, 0.25) is 5.91 Å². The number of amides is 1. The fourth-order valence-electron chi connectivity index (χ4n) is 0.891. The van der Waals surface area contributed by atoms with Gasteiger partial charge in [0.05, 0.1) is 6.10 Å². The molecule has 4 nitrogen and oxygen atoms in total. The van der Waals surface area contributed by atoms with E-state index >= 15 is 0 Å². The molecule has 0 heterocycles. The molecule has 1 fully saturated rings. The molecule has 2 atom stereocenters. The Morgan fingerprint density at radius 1 is 1.60 bits per heavy atom. The minimum atomic E-state index is -0.431. The highest BCUT2D eigenvalue weighted by Gasteiger charge is 2.28. The lowest BCUT2D eigenvalue weighted by molar-refractivity contribution is -0.126. The molecule has 0 aromatic heterocycles. The van der Waals surface area contributed by atoms with Gasteiger partial charge in [-0.3, -0.25) is 4.79 Å². The zero-order chi connectivity index (χ0) is 7.56. The van der Waals surface area contributed by atoms with Crippen molar-refractivity contribution < 1.29 is 9.53 Å². The average Bonchev–Trinajstić information content (AvgIpc) is 1.84. The molecule has 0 aliphatic heterocycles. The van der Waals surface area contributed by atoms with Crippen LogP contribution in [0.2, 0.25) is 0 Å². The first-order chi connectivity index (χ1) is 4.70. The summed E-state index contributed by atoms with van der Waals surface area (Å²) >= 11 is 0. The number of carbonyl (C=O) groups excluding carboxylic acids is 1. The molecule has 0 spiro atoms. The van der Waals surface area contributed by atoms with Gasteiger partial charge < -0.3 is 16.2 Å². The Morgan fingerprint density at radius 3 is 2.60 bits per heavy atom. The van der Waals surface area contributed by atoms with Crippen LogP contribution in [0.25, 0.3) is 0 Å². The molecule has 1 aliphatic carbocycles. The van der Waals surface area contributed by atoms with Gasteiger partial charge in [0.25, 0.3) is 0 Å². The van der Waals surface area contributed by atoms with Crippen LogP contribution in [0.4, 0.5) is 0 Å². The summed E-state index contributed by atoms with van der Waals surface area (Å²) < 4.78 is 5.05. The van der Waals surface area contributed by atoms with Crippen molar-refractivity contribution in [3.05, 3.63) is 0 Å². The van der Waals surface area contributed by atoms with Crippen LogP contribution >= 0.6 is 0 Å². The van der Waals surface area contributed by atoms with Gasteiger partial charge in [0, 0.05) is 6.04 Å². The van der Waals surface area contributed by atoms with E-state index in [-0.39, 0.29) is 18.8 Å². The number of hydrogen-bond acceptors (Lipinski definition) is 3. The maximum Gasteiger partial charge on any atom is 0.243 e. The molecule has 0 radical (unpaired) electrons. The van der Waals surface area contributed by atoms with Gasteiger partial charge in [-0.25, -0.2) is 0 Å². The van der Waals surface area contributed by atoms with Crippen LogP contribution in [-0.4, -0.2) is 24.7 Å². The number of hydrogen-bond donors (Lipinski definition) is 2. The first kappa shape index (κ1) is 7.50. The van der Waals surface area contributed by atoms with E-state index in [4.69, 9.17) is 16.2 Å². The highest BCUT2D eigenvalue weighted by atomic mass is 16.5. The van der Waals surface area contributed by atoms with Gasteiger partial charge in [0.15, 0.2) is 0 Å². The second kappa shape index (κ2) is 2.98. The molecule has 0 bridgehead atoms. The van der Waals surface area contributed by atoms with E-state index in [0.29, 0.717) is 0 Å². The summed E-state index contributed by atoms with van der Waals surface area (Å²) in [6, 6.07) is 0.111. The number of carbonyl (C=O) groups is 1. The Hall–Kier alpha value is -0.610. The van der Waals surface area contributed by atoms with Crippen LogP contribution in [0.15, 0.2) is 0 Å². The maximum atomic E-state index is 10.2. The molecule has 1 aliphatic rings. The van der Waals surface area contributed by atoms with E-state index in [0.717, 1.165) is 12.8 Å².